The van der Waals surface area contributed by atoms with Crippen molar-refractivity contribution in [2.45, 2.75) is 31.0 Å². The molecule has 0 unspecified atom stereocenters. The van der Waals surface area contributed by atoms with Crippen molar-refractivity contribution < 1.29 is 23.1 Å². The molecule has 0 saturated carbocycles. The van der Waals surface area contributed by atoms with Gasteiger partial charge in [0, 0.05) is 52.5 Å². The van der Waals surface area contributed by atoms with Crippen molar-refractivity contribution in [1.29, 1.82) is 0 Å². The summed E-state index contributed by atoms with van der Waals surface area (Å²) < 4.78 is 35.1. The molecule has 1 aromatic heterocycles. The molecular formula is C22H33N5O5S. The summed E-state index contributed by atoms with van der Waals surface area (Å²) in [6.45, 7) is 3.91. The maximum absolute atomic E-state index is 13.4. The highest BCUT2D eigenvalue weighted by molar-refractivity contribution is 7.89. The number of benzene rings is 1. The van der Waals surface area contributed by atoms with Crippen molar-refractivity contribution in [2.75, 3.05) is 45.7 Å². The molecule has 0 bridgehead atoms. The largest absolute Gasteiger partial charge is 0.488 e. The number of rotatable bonds is 7. The lowest BCUT2D eigenvalue weighted by Crippen LogP contribution is -2.50. The van der Waals surface area contributed by atoms with E-state index in [0.717, 1.165) is 5.69 Å². The first-order valence-corrected chi connectivity index (χ1v) is 12.2. The van der Waals surface area contributed by atoms with Crippen LogP contribution in [0.2, 0.25) is 0 Å². The van der Waals surface area contributed by atoms with Gasteiger partial charge >= 0.3 is 0 Å². The van der Waals surface area contributed by atoms with Crippen LogP contribution in [0.15, 0.2) is 35.7 Å². The Balaban J connectivity index is 1.98. The van der Waals surface area contributed by atoms with Gasteiger partial charge in [0.15, 0.2) is 5.03 Å². The standard InChI is InChI=1S/C22H33N5O5S/c1-15-10-27(16(2)13-28)22(29)18-9-17(24(3)4)7-8-19(18)32-20(15)11-26(6)33(30,31)21-12-25(5)14-23-21/h7-9,12,14-16,20,28H,10-11,13H2,1-6H3/t15-,16-,20+/m1/s1. The number of carbonyl (C=O) groups is 1. The third-order valence-electron chi connectivity index (χ3n) is 5.96. The number of likely N-dealkylation sites (N-methyl/N-ethyl adjacent to an activating group) is 1. The van der Waals surface area contributed by atoms with E-state index in [2.05, 4.69) is 4.98 Å². The van der Waals surface area contributed by atoms with E-state index in [1.54, 1.807) is 35.6 Å². The minimum Gasteiger partial charge on any atom is -0.488 e. The highest BCUT2D eigenvalue weighted by Crippen LogP contribution is 2.31. The number of nitrogens with zero attached hydrogens (tertiary/aromatic N) is 5. The van der Waals surface area contributed by atoms with E-state index < -0.39 is 22.2 Å². The molecule has 3 rings (SSSR count). The quantitative estimate of drug-likeness (QED) is 0.632. The zero-order valence-corrected chi connectivity index (χ0v) is 20.8. The van der Waals surface area contributed by atoms with Gasteiger partial charge in [-0.3, -0.25) is 4.79 Å². The second-order valence-electron chi connectivity index (χ2n) is 8.86. The summed E-state index contributed by atoms with van der Waals surface area (Å²) >= 11 is 0. The number of sulfonamides is 1. The van der Waals surface area contributed by atoms with Crippen LogP contribution >= 0.6 is 0 Å². The topological polar surface area (TPSA) is 108 Å². The average molecular weight is 480 g/mol. The molecule has 0 aliphatic carbocycles. The van der Waals surface area contributed by atoms with Crippen molar-refractivity contribution in [2.24, 2.45) is 13.0 Å². The van der Waals surface area contributed by atoms with Crippen LogP contribution in [0.1, 0.15) is 24.2 Å². The molecular weight excluding hydrogens is 446 g/mol. The molecule has 0 saturated heterocycles. The lowest BCUT2D eigenvalue weighted by molar-refractivity contribution is 0.0387. The molecule has 33 heavy (non-hydrogen) atoms. The Morgan fingerprint density at radius 3 is 2.58 bits per heavy atom. The Bertz CT molecular complexity index is 1100. The van der Waals surface area contributed by atoms with Gasteiger partial charge in [0.05, 0.1) is 31.1 Å². The Morgan fingerprint density at radius 2 is 2.00 bits per heavy atom. The van der Waals surface area contributed by atoms with Gasteiger partial charge in [-0.1, -0.05) is 6.92 Å². The van der Waals surface area contributed by atoms with Crippen LogP contribution in [0, 0.1) is 5.92 Å². The van der Waals surface area contributed by atoms with Gasteiger partial charge < -0.3 is 24.2 Å². The monoisotopic (exact) mass is 479 g/mol. The molecule has 0 fully saturated rings. The van der Waals surface area contributed by atoms with E-state index in [-0.39, 0.29) is 30.0 Å². The second-order valence-corrected chi connectivity index (χ2v) is 10.9. The normalized spacial score (nSPS) is 20.1. The summed E-state index contributed by atoms with van der Waals surface area (Å²) in [5.74, 6) is -0.0399. The van der Waals surface area contributed by atoms with Gasteiger partial charge in [-0.25, -0.2) is 13.4 Å². The minimum absolute atomic E-state index is 0.0345. The molecule has 182 valence electrons. The predicted octanol–water partition coefficient (Wildman–Crippen LogP) is 1.03. The van der Waals surface area contributed by atoms with Crippen LogP contribution in [0.4, 0.5) is 5.69 Å². The summed E-state index contributed by atoms with van der Waals surface area (Å²) in [6.07, 6.45) is 2.36. The van der Waals surface area contributed by atoms with Crippen LogP contribution in [-0.2, 0) is 17.1 Å². The molecule has 1 aliphatic heterocycles. The van der Waals surface area contributed by atoms with Crippen molar-refractivity contribution >= 4 is 21.6 Å². The van der Waals surface area contributed by atoms with Crippen LogP contribution < -0.4 is 9.64 Å². The number of fused-ring (bicyclic) bond motifs is 1. The van der Waals surface area contributed by atoms with Crippen molar-refractivity contribution in [1.82, 2.24) is 18.8 Å². The van der Waals surface area contributed by atoms with E-state index in [1.807, 2.05) is 32.0 Å². The van der Waals surface area contributed by atoms with E-state index in [9.17, 15) is 18.3 Å². The van der Waals surface area contributed by atoms with Crippen molar-refractivity contribution in [3.05, 3.63) is 36.3 Å². The number of hydrogen-bond acceptors (Lipinski definition) is 7. The fraction of sp³-hybridized carbons (Fsp3) is 0.545. The fourth-order valence-corrected chi connectivity index (χ4v) is 4.88. The summed E-state index contributed by atoms with van der Waals surface area (Å²) in [5, 5.41) is 9.73. The van der Waals surface area contributed by atoms with Gasteiger partial charge in [-0.05, 0) is 25.1 Å². The first-order valence-electron chi connectivity index (χ1n) is 10.8. The van der Waals surface area contributed by atoms with E-state index in [0.29, 0.717) is 17.9 Å². The number of aryl methyl sites for hydroxylation is 1. The molecule has 10 nitrogen and oxygen atoms in total. The lowest BCUT2D eigenvalue weighted by atomic mass is 9.99. The van der Waals surface area contributed by atoms with Crippen molar-refractivity contribution in [3.63, 3.8) is 0 Å². The van der Waals surface area contributed by atoms with Gasteiger partial charge in [0.25, 0.3) is 15.9 Å². The van der Waals surface area contributed by atoms with Crippen LogP contribution in [-0.4, -0.2) is 91.2 Å². The fourth-order valence-electron chi connectivity index (χ4n) is 3.74. The molecule has 1 aromatic carbocycles. The van der Waals surface area contributed by atoms with Gasteiger partial charge in [-0.15, -0.1) is 0 Å². The zero-order valence-electron chi connectivity index (χ0n) is 20.0. The maximum Gasteiger partial charge on any atom is 0.261 e. The molecule has 3 atom stereocenters. The van der Waals surface area contributed by atoms with E-state index in [1.165, 1.54) is 23.9 Å². The molecule has 1 aliphatic rings. The number of ether oxygens (including phenoxy) is 1. The highest BCUT2D eigenvalue weighted by Gasteiger charge is 2.35. The molecule has 2 heterocycles. The van der Waals surface area contributed by atoms with Crippen molar-refractivity contribution in [3.8, 4) is 5.75 Å². The Kier molecular flexibility index (Phi) is 7.35. The number of anilines is 1. The SMILES string of the molecule is C[C@@H]1CN([C@H](C)CO)C(=O)c2cc(N(C)C)ccc2O[C@H]1CN(C)S(=O)(=O)c1cn(C)cn1. The predicted molar refractivity (Wildman–Crippen MR) is 125 cm³/mol. The minimum atomic E-state index is -3.81. The first kappa shape index (κ1) is 25.0. The summed E-state index contributed by atoms with van der Waals surface area (Å²) in [5.41, 5.74) is 1.22. The number of amides is 1. The molecule has 2 aromatic rings. The third kappa shape index (κ3) is 5.15. The Labute approximate surface area is 195 Å². The summed E-state index contributed by atoms with van der Waals surface area (Å²) in [4.78, 5) is 20.9. The number of imidazole rings is 1. The van der Waals surface area contributed by atoms with Gasteiger partial charge in [0.2, 0.25) is 0 Å². The number of aliphatic hydroxyl groups is 1. The number of aromatic nitrogens is 2. The number of aliphatic hydroxyl groups excluding tert-OH is 1. The number of carbonyl (C=O) groups excluding carboxylic acids is 1. The molecule has 0 radical (unpaired) electrons. The van der Waals surface area contributed by atoms with Crippen LogP contribution in [0.3, 0.4) is 0 Å². The van der Waals surface area contributed by atoms with E-state index in [4.69, 9.17) is 4.74 Å². The third-order valence-corrected chi connectivity index (χ3v) is 7.67. The molecule has 0 spiro atoms. The van der Waals surface area contributed by atoms with E-state index >= 15 is 0 Å². The van der Waals surface area contributed by atoms with Crippen LogP contribution in [0.5, 0.6) is 5.75 Å². The average Bonchev–Trinajstić information content (AvgIpc) is 3.22. The number of hydrogen-bond donors (Lipinski definition) is 1. The van der Waals surface area contributed by atoms with Gasteiger partial charge in [-0.2, -0.15) is 4.31 Å². The Hall–Kier alpha value is -2.63. The molecule has 1 amide bonds. The first-order chi connectivity index (χ1) is 15.4. The van der Waals surface area contributed by atoms with Crippen LogP contribution in [0.25, 0.3) is 0 Å². The molecule has 1 N–H and O–H groups in total. The molecule has 11 heteroatoms. The highest BCUT2D eigenvalue weighted by atomic mass is 32.2. The zero-order chi connectivity index (χ0) is 24.5. The lowest BCUT2D eigenvalue weighted by Gasteiger charge is -2.38. The Morgan fingerprint density at radius 1 is 1.30 bits per heavy atom. The second kappa shape index (κ2) is 9.70. The van der Waals surface area contributed by atoms with Gasteiger partial charge in [0.1, 0.15) is 11.9 Å². The maximum atomic E-state index is 13.4. The summed E-state index contributed by atoms with van der Waals surface area (Å²) in [7, 11) is 3.16. The smallest absolute Gasteiger partial charge is 0.261 e. The summed E-state index contributed by atoms with van der Waals surface area (Å²) in [6, 6.07) is 4.95.